The van der Waals surface area contributed by atoms with Gasteiger partial charge in [0.05, 0.1) is 27.0 Å². The van der Waals surface area contributed by atoms with Gasteiger partial charge in [-0.3, -0.25) is 4.21 Å². The van der Waals surface area contributed by atoms with Crippen molar-refractivity contribution in [3.05, 3.63) is 77.9 Å². The Kier molecular flexibility index (Phi) is 4.02. The highest BCUT2D eigenvalue weighted by atomic mass is 32.2. The maximum Gasteiger partial charge on any atom is 0.336 e. The van der Waals surface area contributed by atoms with Crippen molar-refractivity contribution in [3.8, 4) is 0 Å². The summed E-state index contributed by atoms with van der Waals surface area (Å²) in [6.07, 6.45) is 0. The summed E-state index contributed by atoms with van der Waals surface area (Å²) in [5, 5.41) is 11.4. The molecule has 1 unspecified atom stereocenters. The monoisotopic (exact) mass is 310 g/mol. The zero-order valence-corrected chi connectivity index (χ0v) is 12.5. The molecule has 0 saturated heterocycles. The zero-order valence-electron chi connectivity index (χ0n) is 11.7. The van der Waals surface area contributed by atoms with Crippen molar-refractivity contribution < 1.29 is 14.1 Å². The molecule has 0 saturated carbocycles. The van der Waals surface area contributed by atoms with Gasteiger partial charge in [0.25, 0.3) is 0 Å². The van der Waals surface area contributed by atoms with Crippen molar-refractivity contribution in [1.29, 1.82) is 0 Å². The average Bonchev–Trinajstić information content (AvgIpc) is 2.54. The molecule has 3 nitrogen and oxygen atoms in total. The van der Waals surface area contributed by atoms with Gasteiger partial charge >= 0.3 is 5.97 Å². The first kappa shape index (κ1) is 14.5. The van der Waals surface area contributed by atoms with Crippen LogP contribution >= 0.6 is 0 Å². The molecule has 0 aromatic heterocycles. The van der Waals surface area contributed by atoms with E-state index < -0.39 is 16.8 Å². The Hall–Kier alpha value is -2.46. The third-order valence-corrected chi connectivity index (χ3v) is 4.92. The molecule has 0 amide bonds. The van der Waals surface area contributed by atoms with Crippen LogP contribution in [0.5, 0.6) is 0 Å². The molecule has 110 valence electrons. The number of hydrogen-bond acceptors (Lipinski definition) is 2. The lowest BCUT2D eigenvalue weighted by molar-refractivity contribution is 0.0693. The SMILES string of the molecule is O=C(O)c1ccccc1S(=O)Cc1ccc2ccccc2c1. The molecule has 4 heteroatoms. The number of carbonyl (C=O) groups is 1. The fraction of sp³-hybridized carbons (Fsp3) is 0.0556. The first-order chi connectivity index (χ1) is 10.6. The third kappa shape index (κ3) is 2.92. The third-order valence-electron chi connectivity index (χ3n) is 3.47. The normalized spacial score (nSPS) is 12.2. The van der Waals surface area contributed by atoms with E-state index in [1.165, 1.54) is 6.07 Å². The number of benzene rings is 3. The molecule has 22 heavy (non-hydrogen) atoms. The first-order valence-electron chi connectivity index (χ1n) is 6.83. The number of rotatable bonds is 4. The van der Waals surface area contributed by atoms with Crippen LogP contribution in [0.3, 0.4) is 0 Å². The van der Waals surface area contributed by atoms with E-state index in [1.807, 2.05) is 42.5 Å². The van der Waals surface area contributed by atoms with Crippen LogP contribution in [-0.4, -0.2) is 15.3 Å². The van der Waals surface area contributed by atoms with Crippen LogP contribution in [0.1, 0.15) is 15.9 Å². The zero-order chi connectivity index (χ0) is 15.5. The van der Waals surface area contributed by atoms with Crippen LogP contribution in [0.25, 0.3) is 10.8 Å². The summed E-state index contributed by atoms with van der Waals surface area (Å²) < 4.78 is 12.5. The lowest BCUT2D eigenvalue weighted by Crippen LogP contribution is -2.05. The van der Waals surface area contributed by atoms with Gasteiger partial charge in [-0.15, -0.1) is 0 Å². The Balaban J connectivity index is 1.91. The van der Waals surface area contributed by atoms with Crippen LogP contribution in [0.2, 0.25) is 0 Å². The van der Waals surface area contributed by atoms with Gasteiger partial charge in [-0.25, -0.2) is 4.79 Å². The fourth-order valence-electron chi connectivity index (χ4n) is 2.40. The standard InChI is InChI=1S/C18H14O3S/c19-18(20)16-7-3-4-8-17(16)22(21)12-13-9-10-14-5-1-2-6-15(14)11-13/h1-11H,12H2,(H,19,20). The van der Waals surface area contributed by atoms with Crippen LogP contribution in [0.15, 0.2) is 71.6 Å². The summed E-state index contributed by atoms with van der Waals surface area (Å²) in [6, 6.07) is 20.3. The smallest absolute Gasteiger partial charge is 0.336 e. The van der Waals surface area contributed by atoms with E-state index in [0.717, 1.165) is 16.3 Å². The summed E-state index contributed by atoms with van der Waals surface area (Å²) in [6.45, 7) is 0. The lowest BCUT2D eigenvalue weighted by atomic mass is 10.1. The highest BCUT2D eigenvalue weighted by Gasteiger charge is 2.15. The van der Waals surface area contributed by atoms with Crippen LogP contribution in [0, 0.1) is 0 Å². The summed E-state index contributed by atoms with van der Waals surface area (Å²) in [5.74, 6) is -0.753. The van der Waals surface area contributed by atoms with E-state index in [4.69, 9.17) is 0 Å². The minimum atomic E-state index is -1.39. The van der Waals surface area contributed by atoms with Crippen LogP contribution in [-0.2, 0) is 16.6 Å². The topological polar surface area (TPSA) is 54.4 Å². The molecular formula is C18H14O3S. The molecule has 0 radical (unpaired) electrons. The molecule has 0 heterocycles. The largest absolute Gasteiger partial charge is 0.478 e. The van der Waals surface area contributed by atoms with Gasteiger partial charge in [-0.05, 0) is 28.5 Å². The molecule has 0 fully saturated rings. The molecule has 0 aliphatic heterocycles. The summed E-state index contributed by atoms with van der Waals surface area (Å²) in [5.41, 5.74) is 1.03. The summed E-state index contributed by atoms with van der Waals surface area (Å²) >= 11 is 0. The van der Waals surface area contributed by atoms with Crippen LogP contribution in [0.4, 0.5) is 0 Å². The van der Waals surface area contributed by atoms with Crippen molar-refractivity contribution in [2.75, 3.05) is 0 Å². The molecule has 1 N–H and O–H groups in total. The second-order valence-electron chi connectivity index (χ2n) is 4.97. The molecule has 3 aromatic rings. The Morgan fingerprint density at radius 2 is 1.59 bits per heavy atom. The highest BCUT2D eigenvalue weighted by Crippen LogP contribution is 2.20. The maximum atomic E-state index is 12.5. The van der Waals surface area contributed by atoms with E-state index in [2.05, 4.69) is 0 Å². The van der Waals surface area contributed by atoms with E-state index in [1.54, 1.807) is 18.2 Å². The van der Waals surface area contributed by atoms with Gasteiger partial charge in [0.1, 0.15) is 0 Å². The van der Waals surface area contributed by atoms with Crippen molar-refractivity contribution in [3.63, 3.8) is 0 Å². The fourth-order valence-corrected chi connectivity index (χ4v) is 3.67. The molecule has 0 aliphatic carbocycles. The number of carboxylic acids is 1. The Morgan fingerprint density at radius 3 is 2.36 bits per heavy atom. The minimum Gasteiger partial charge on any atom is -0.478 e. The Labute approximate surface area is 130 Å². The predicted molar refractivity (Wildman–Crippen MR) is 87.5 cm³/mol. The number of aromatic carboxylic acids is 1. The molecule has 0 bridgehead atoms. The first-order valence-corrected chi connectivity index (χ1v) is 8.15. The maximum absolute atomic E-state index is 12.5. The number of hydrogen-bond donors (Lipinski definition) is 1. The van der Waals surface area contributed by atoms with E-state index >= 15 is 0 Å². The van der Waals surface area contributed by atoms with Gasteiger partial charge in [0.2, 0.25) is 0 Å². The van der Waals surface area contributed by atoms with Crippen molar-refractivity contribution in [2.45, 2.75) is 10.6 Å². The highest BCUT2D eigenvalue weighted by molar-refractivity contribution is 7.84. The van der Waals surface area contributed by atoms with Crippen molar-refractivity contribution in [1.82, 2.24) is 0 Å². The van der Waals surface area contributed by atoms with E-state index in [-0.39, 0.29) is 5.56 Å². The van der Waals surface area contributed by atoms with E-state index in [9.17, 15) is 14.1 Å². The molecule has 0 spiro atoms. The van der Waals surface area contributed by atoms with Gasteiger partial charge in [-0.1, -0.05) is 54.6 Å². The second kappa shape index (κ2) is 6.12. The van der Waals surface area contributed by atoms with Crippen LogP contribution < -0.4 is 0 Å². The van der Waals surface area contributed by atoms with Gasteiger partial charge in [0, 0.05) is 0 Å². The quantitative estimate of drug-likeness (QED) is 0.796. The Morgan fingerprint density at radius 1 is 0.909 bits per heavy atom. The van der Waals surface area contributed by atoms with Gasteiger partial charge in [0.15, 0.2) is 0 Å². The Bertz CT molecular complexity index is 871. The summed E-state index contributed by atoms with van der Waals surface area (Å²) in [4.78, 5) is 11.6. The van der Waals surface area contributed by atoms with Gasteiger partial charge < -0.3 is 5.11 Å². The van der Waals surface area contributed by atoms with Crippen molar-refractivity contribution >= 4 is 27.5 Å². The summed E-state index contributed by atoms with van der Waals surface area (Å²) in [7, 11) is -1.39. The lowest BCUT2D eigenvalue weighted by Gasteiger charge is -2.07. The molecule has 1 atom stereocenters. The van der Waals surface area contributed by atoms with Crippen molar-refractivity contribution in [2.24, 2.45) is 0 Å². The number of fused-ring (bicyclic) bond motifs is 1. The molecule has 3 rings (SSSR count). The minimum absolute atomic E-state index is 0.0987. The van der Waals surface area contributed by atoms with Gasteiger partial charge in [-0.2, -0.15) is 0 Å². The number of carboxylic acid groups (broad SMARTS) is 1. The molecule has 3 aromatic carbocycles. The molecule has 0 aliphatic rings. The molecular weight excluding hydrogens is 296 g/mol. The average molecular weight is 310 g/mol. The predicted octanol–water partition coefficient (Wildman–Crippen LogP) is 3.85. The van der Waals surface area contributed by atoms with E-state index in [0.29, 0.717) is 10.6 Å². The second-order valence-corrected chi connectivity index (χ2v) is 6.39.